The van der Waals surface area contributed by atoms with E-state index in [1.807, 2.05) is 20.3 Å². The Morgan fingerprint density at radius 1 is 1.20 bits per heavy atom. The van der Waals surface area contributed by atoms with Gasteiger partial charge in [0.25, 0.3) is 0 Å². The van der Waals surface area contributed by atoms with Crippen LogP contribution in [0.4, 0.5) is 10.8 Å². The lowest BCUT2D eigenvalue weighted by Gasteiger charge is -2.11. The molecule has 0 saturated carbocycles. The number of nitrogens with zero attached hydrogens (tertiary/aromatic N) is 4. The van der Waals surface area contributed by atoms with Crippen molar-refractivity contribution in [1.29, 1.82) is 0 Å². The standard InChI is InChI=1S/C15H20N4S/c1-11(2)9-14-17-18-15(20-14)16-10-12-5-7-13(8-6-12)19(3)4/h5-8,10-11H,9H2,1-4H3. The summed E-state index contributed by atoms with van der Waals surface area (Å²) in [5.41, 5.74) is 2.24. The van der Waals surface area contributed by atoms with Gasteiger partial charge in [-0.15, -0.1) is 10.2 Å². The first-order chi connectivity index (χ1) is 9.54. The van der Waals surface area contributed by atoms with Crippen molar-refractivity contribution in [3.05, 3.63) is 34.8 Å². The van der Waals surface area contributed by atoms with Gasteiger partial charge in [-0.25, -0.2) is 4.99 Å². The number of rotatable bonds is 5. The van der Waals surface area contributed by atoms with Crippen LogP contribution in [0.3, 0.4) is 0 Å². The zero-order chi connectivity index (χ0) is 14.5. The second-order valence-electron chi connectivity index (χ2n) is 5.32. The Morgan fingerprint density at radius 3 is 2.50 bits per heavy atom. The van der Waals surface area contributed by atoms with Gasteiger partial charge in [-0.3, -0.25) is 0 Å². The van der Waals surface area contributed by atoms with Crippen molar-refractivity contribution in [3.63, 3.8) is 0 Å². The van der Waals surface area contributed by atoms with Crippen LogP contribution < -0.4 is 4.90 Å². The van der Waals surface area contributed by atoms with E-state index in [2.05, 4.69) is 58.2 Å². The van der Waals surface area contributed by atoms with Crippen LogP contribution in [0.1, 0.15) is 24.4 Å². The summed E-state index contributed by atoms with van der Waals surface area (Å²) in [5, 5.41) is 10.0. The van der Waals surface area contributed by atoms with Gasteiger partial charge in [0.15, 0.2) is 0 Å². The van der Waals surface area contributed by atoms with Crippen molar-refractivity contribution in [1.82, 2.24) is 10.2 Å². The van der Waals surface area contributed by atoms with Crippen LogP contribution in [0.2, 0.25) is 0 Å². The van der Waals surface area contributed by atoms with E-state index in [0.717, 1.165) is 22.1 Å². The van der Waals surface area contributed by atoms with Crippen molar-refractivity contribution in [2.75, 3.05) is 19.0 Å². The monoisotopic (exact) mass is 288 g/mol. The average molecular weight is 288 g/mol. The topological polar surface area (TPSA) is 41.4 Å². The second-order valence-corrected chi connectivity index (χ2v) is 6.36. The van der Waals surface area contributed by atoms with Crippen molar-refractivity contribution in [2.45, 2.75) is 20.3 Å². The summed E-state index contributed by atoms with van der Waals surface area (Å²) in [5.74, 6) is 0.596. The molecule has 0 saturated heterocycles. The van der Waals surface area contributed by atoms with Crippen LogP contribution in [0.15, 0.2) is 29.3 Å². The summed E-state index contributed by atoms with van der Waals surface area (Å²) in [4.78, 5) is 6.46. The zero-order valence-corrected chi connectivity index (χ0v) is 13.2. The first kappa shape index (κ1) is 14.7. The Labute approximate surface area is 124 Å². The van der Waals surface area contributed by atoms with Gasteiger partial charge in [0.05, 0.1) is 0 Å². The van der Waals surface area contributed by atoms with Gasteiger partial charge in [-0.2, -0.15) is 0 Å². The molecule has 0 fully saturated rings. The highest BCUT2D eigenvalue weighted by molar-refractivity contribution is 7.14. The van der Waals surface area contributed by atoms with Crippen LogP contribution in [0.5, 0.6) is 0 Å². The zero-order valence-electron chi connectivity index (χ0n) is 12.4. The Hall–Kier alpha value is -1.75. The highest BCUT2D eigenvalue weighted by atomic mass is 32.1. The lowest BCUT2D eigenvalue weighted by atomic mass is 10.1. The number of benzene rings is 1. The number of aliphatic imine (C=N–C) groups is 1. The number of hydrogen-bond donors (Lipinski definition) is 0. The van der Waals surface area contributed by atoms with Gasteiger partial charge in [0.2, 0.25) is 5.13 Å². The Morgan fingerprint density at radius 2 is 1.90 bits per heavy atom. The van der Waals surface area contributed by atoms with E-state index in [9.17, 15) is 0 Å². The predicted octanol–water partition coefficient (Wildman–Crippen LogP) is 3.55. The van der Waals surface area contributed by atoms with E-state index >= 15 is 0 Å². The number of anilines is 1. The largest absolute Gasteiger partial charge is 0.378 e. The molecule has 0 spiro atoms. The highest BCUT2D eigenvalue weighted by Gasteiger charge is 2.04. The lowest BCUT2D eigenvalue weighted by molar-refractivity contribution is 0.640. The smallest absolute Gasteiger partial charge is 0.231 e. The molecule has 0 aliphatic rings. The summed E-state index contributed by atoms with van der Waals surface area (Å²) >= 11 is 1.56. The fraction of sp³-hybridized carbons (Fsp3) is 0.400. The summed E-state index contributed by atoms with van der Waals surface area (Å²) < 4.78 is 0. The minimum atomic E-state index is 0.596. The second kappa shape index (κ2) is 6.61. The molecule has 0 atom stereocenters. The van der Waals surface area contributed by atoms with Crippen molar-refractivity contribution >= 4 is 28.4 Å². The normalized spacial score (nSPS) is 11.4. The molecule has 20 heavy (non-hydrogen) atoms. The summed E-state index contributed by atoms with van der Waals surface area (Å²) in [6, 6.07) is 8.25. The summed E-state index contributed by atoms with van der Waals surface area (Å²) in [6.07, 6.45) is 2.80. The first-order valence-corrected chi connectivity index (χ1v) is 7.50. The average Bonchev–Trinajstić information content (AvgIpc) is 2.83. The Bertz CT molecular complexity index is 570. The molecule has 0 unspecified atom stereocenters. The summed E-state index contributed by atoms with van der Waals surface area (Å²) in [6.45, 7) is 4.35. The molecule has 1 heterocycles. The van der Waals surface area contributed by atoms with Gasteiger partial charge < -0.3 is 4.90 Å². The van der Waals surface area contributed by atoms with E-state index in [-0.39, 0.29) is 0 Å². The lowest BCUT2D eigenvalue weighted by Crippen LogP contribution is -2.08. The summed E-state index contributed by atoms with van der Waals surface area (Å²) in [7, 11) is 4.06. The predicted molar refractivity (Wildman–Crippen MR) is 86.5 cm³/mol. The molecule has 1 aromatic heterocycles. The van der Waals surface area contributed by atoms with E-state index in [1.165, 1.54) is 5.69 Å². The van der Waals surface area contributed by atoms with Crippen molar-refractivity contribution in [3.8, 4) is 0 Å². The Kier molecular flexibility index (Phi) is 4.84. The molecule has 2 aromatic rings. The van der Waals surface area contributed by atoms with Crippen molar-refractivity contribution in [2.24, 2.45) is 10.9 Å². The van der Waals surface area contributed by atoms with E-state index < -0.39 is 0 Å². The molecule has 0 bridgehead atoms. The van der Waals surface area contributed by atoms with E-state index in [4.69, 9.17) is 0 Å². The van der Waals surface area contributed by atoms with Gasteiger partial charge in [-0.05, 0) is 23.6 Å². The molecule has 0 aliphatic carbocycles. The fourth-order valence-corrected chi connectivity index (χ4v) is 2.61. The molecule has 0 radical (unpaired) electrons. The minimum Gasteiger partial charge on any atom is -0.378 e. The van der Waals surface area contributed by atoms with Crippen LogP contribution in [0.25, 0.3) is 0 Å². The quantitative estimate of drug-likeness (QED) is 0.790. The SMILES string of the molecule is CC(C)Cc1nnc(N=Cc2ccc(N(C)C)cc2)s1. The molecular weight excluding hydrogens is 268 g/mol. The maximum Gasteiger partial charge on any atom is 0.231 e. The maximum absolute atomic E-state index is 4.39. The third-order valence-electron chi connectivity index (χ3n) is 2.77. The van der Waals surface area contributed by atoms with Crippen LogP contribution >= 0.6 is 11.3 Å². The van der Waals surface area contributed by atoms with Gasteiger partial charge in [0, 0.05) is 32.4 Å². The third-order valence-corrected chi connectivity index (χ3v) is 3.63. The third kappa shape index (κ3) is 4.13. The van der Waals surface area contributed by atoms with Crippen LogP contribution in [-0.4, -0.2) is 30.5 Å². The minimum absolute atomic E-state index is 0.596. The molecule has 0 N–H and O–H groups in total. The van der Waals surface area contributed by atoms with Gasteiger partial charge in [0.1, 0.15) is 5.01 Å². The van der Waals surface area contributed by atoms with Gasteiger partial charge in [-0.1, -0.05) is 37.3 Å². The molecule has 0 amide bonds. The number of aromatic nitrogens is 2. The molecular formula is C15H20N4S. The van der Waals surface area contributed by atoms with Crippen molar-refractivity contribution < 1.29 is 0 Å². The van der Waals surface area contributed by atoms with Crippen LogP contribution in [-0.2, 0) is 6.42 Å². The highest BCUT2D eigenvalue weighted by Crippen LogP contribution is 2.21. The van der Waals surface area contributed by atoms with Crippen LogP contribution in [0, 0.1) is 5.92 Å². The molecule has 4 nitrogen and oxygen atoms in total. The number of hydrogen-bond acceptors (Lipinski definition) is 5. The van der Waals surface area contributed by atoms with E-state index in [0.29, 0.717) is 5.92 Å². The fourth-order valence-electron chi connectivity index (χ4n) is 1.72. The Balaban J connectivity index is 2.03. The molecule has 5 heteroatoms. The maximum atomic E-state index is 4.39. The molecule has 106 valence electrons. The molecule has 1 aromatic carbocycles. The molecule has 2 rings (SSSR count). The van der Waals surface area contributed by atoms with E-state index in [1.54, 1.807) is 11.3 Å². The van der Waals surface area contributed by atoms with Gasteiger partial charge >= 0.3 is 0 Å². The molecule has 0 aliphatic heterocycles. The first-order valence-electron chi connectivity index (χ1n) is 6.68.